The predicted molar refractivity (Wildman–Crippen MR) is 47.0 cm³/mol. The molecule has 5 heteroatoms. The molecule has 0 unspecified atom stereocenters. The molecule has 0 amide bonds. The predicted octanol–water partition coefficient (Wildman–Crippen LogP) is 0.359. The average Bonchev–Trinajstić information content (AvgIpc) is 2.50. The zero-order valence-corrected chi connectivity index (χ0v) is 8.11. The Morgan fingerprint density at radius 1 is 1.54 bits per heavy atom. The van der Waals surface area contributed by atoms with Gasteiger partial charge in [0.1, 0.15) is 6.04 Å². The SMILES string of the molecule is CC(C)(C)c1noc([C@H](N)CO)n1. The highest BCUT2D eigenvalue weighted by Gasteiger charge is 2.22. The second-order valence-electron chi connectivity index (χ2n) is 4.00. The van der Waals surface area contributed by atoms with Crippen LogP contribution in [0, 0.1) is 0 Å². The summed E-state index contributed by atoms with van der Waals surface area (Å²) in [5.41, 5.74) is 5.35. The van der Waals surface area contributed by atoms with Gasteiger partial charge in [0.15, 0.2) is 5.82 Å². The number of aliphatic hydroxyl groups is 1. The maximum Gasteiger partial charge on any atom is 0.245 e. The van der Waals surface area contributed by atoms with Crippen molar-refractivity contribution in [3.05, 3.63) is 11.7 Å². The van der Waals surface area contributed by atoms with Gasteiger partial charge in [0.2, 0.25) is 5.89 Å². The normalized spacial score (nSPS) is 14.5. The fraction of sp³-hybridized carbons (Fsp3) is 0.750. The Morgan fingerprint density at radius 3 is 2.54 bits per heavy atom. The lowest BCUT2D eigenvalue weighted by Crippen LogP contribution is -2.17. The summed E-state index contributed by atoms with van der Waals surface area (Å²) in [6, 6.07) is -0.580. The van der Waals surface area contributed by atoms with Gasteiger partial charge >= 0.3 is 0 Å². The van der Waals surface area contributed by atoms with E-state index >= 15 is 0 Å². The van der Waals surface area contributed by atoms with Gasteiger partial charge in [0.25, 0.3) is 0 Å². The molecule has 0 aliphatic rings. The van der Waals surface area contributed by atoms with E-state index in [2.05, 4.69) is 10.1 Å². The molecule has 74 valence electrons. The number of rotatable bonds is 2. The highest BCUT2D eigenvalue weighted by atomic mass is 16.5. The lowest BCUT2D eigenvalue weighted by molar-refractivity contribution is 0.236. The van der Waals surface area contributed by atoms with E-state index in [1.165, 1.54) is 0 Å². The van der Waals surface area contributed by atoms with Crippen LogP contribution in [0.25, 0.3) is 0 Å². The Hall–Kier alpha value is -0.940. The van der Waals surface area contributed by atoms with Crippen LogP contribution in [0.3, 0.4) is 0 Å². The highest BCUT2D eigenvalue weighted by Crippen LogP contribution is 2.19. The van der Waals surface area contributed by atoms with Crippen molar-refractivity contribution in [3.8, 4) is 0 Å². The molecule has 5 nitrogen and oxygen atoms in total. The van der Waals surface area contributed by atoms with E-state index in [0.29, 0.717) is 5.82 Å². The van der Waals surface area contributed by atoms with Gasteiger partial charge in [-0.15, -0.1) is 0 Å². The van der Waals surface area contributed by atoms with E-state index in [1.54, 1.807) is 0 Å². The van der Waals surface area contributed by atoms with Gasteiger partial charge < -0.3 is 15.4 Å². The minimum atomic E-state index is -0.580. The van der Waals surface area contributed by atoms with Crippen LogP contribution in [0.15, 0.2) is 4.52 Å². The van der Waals surface area contributed by atoms with Crippen LogP contribution in [0.5, 0.6) is 0 Å². The van der Waals surface area contributed by atoms with Crippen molar-refractivity contribution in [1.29, 1.82) is 0 Å². The Labute approximate surface area is 76.9 Å². The molecule has 0 fully saturated rings. The number of aromatic nitrogens is 2. The lowest BCUT2D eigenvalue weighted by atomic mass is 9.96. The van der Waals surface area contributed by atoms with Gasteiger partial charge in [-0.3, -0.25) is 0 Å². The molecule has 0 saturated carbocycles. The Bertz CT molecular complexity index is 277. The molecule has 0 spiro atoms. The summed E-state index contributed by atoms with van der Waals surface area (Å²) in [6.07, 6.45) is 0. The first-order valence-electron chi connectivity index (χ1n) is 4.15. The highest BCUT2D eigenvalue weighted by molar-refractivity contribution is 5.01. The summed E-state index contributed by atoms with van der Waals surface area (Å²) >= 11 is 0. The molecule has 0 bridgehead atoms. The van der Waals surface area contributed by atoms with Crippen molar-refractivity contribution in [2.45, 2.75) is 32.2 Å². The molecule has 1 aromatic heterocycles. The second-order valence-corrected chi connectivity index (χ2v) is 4.00. The number of hydrogen-bond acceptors (Lipinski definition) is 5. The third-order valence-corrected chi connectivity index (χ3v) is 1.63. The maximum atomic E-state index is 8.75. The molecule has 0 radical (unpaired) electrons. The smallest absolute Gasteiger partial charge is 0.245 e. The molecule has 0 aromatic carbocycles. The number of hydrogen-bond donors (Lipinski definition) is 2. The molecule has 1 heterocycles. The molecule has 1 aromatic rings. The third kappa shape index (κ3) is 2.26. The Morgan fingerprint density at radius 2 is 2.15 bits per heavy atom. The molecule has 3 N–H and O–H groups in total. The first kappa shape index (κ1) is 10.1. The summed E-state index contributed by atoms with van der Waals surface area (Å²) < 4.78 is 4.90. The van der Waals surface area contributed by atoms with Crippen molar-refractivity contribution in [1.82, 2.24) is 10.1 Å². The van der Waals surface area contributed by atoms with E-state index in [9.17, 15) is 0 Å². The van der Waals surface area contributed by atoms with Gasteiger partial charge in [0.05, 0.1) is 6.61 Å². The van der Waals surface area contributed by atoms with Crippen LogP contribution in [-0.2, 0) is 5.41 Å². The average molecular weight is 185 g/mol. The summed E-state index contributed by atoms with van der Waals surface area (Å²) in [5, 5.41) is 12.5. The first-order valence-corrected chi connectivity index (χ1v) is 4.15. The largest absolute Gasteiger partial charge is 0.394 e. The number of aliphatic hydroxyl groups excluding tert-OH is 1. The van der Waals surface area contributed by atoms with Crippen molar-refractivity contribution >= 4 is 0 Å². The Balaban J connectivity index is 2.87. The van der Waals surface area contributed by atoms with Crippen molar-refractivity contribution in [3.63, 3.8) is 0 Å². The van der Waals surface area contributed by atoms with Gasteiger partial charge in [0, 0.05) is 5.41 Å². The molecule has 0 aliphatic heterocycles. The van der Waals surface area contributed by atoms with Gasteiger partial charge in [-0.1, -0.05) is 25.9 Å². The lowest BCUT2D eigenvalue weighted by Gasteiger charge is -2.11. The molecule has 0 aliphatic carbocycles. The second kappa shape index (κ2) is 3.43. The molecular weight excluding hydrogens is 170 g/mol. The monoisotopic (exact) mass is 185 g/mol. The van der Waals surface area contributed by atoms with Crippen LogP contribution in [0.4, 0.5) is 0 Å². The van der Waals surface area contributed by atoms with Crippen LogP contribution in [0.2, 0.25) is 0 Å². The van der Waals surface area contributed by atoms with E-state index in [-0.39, 0.29) is 17.9 Å². The summed E-state index contributed by atoms with van der Waals surface area (Å²) in [7, 11) is 0. The zero-order chi connectivity index (χ0) is 10.1. The van der Waals surface area contributed by atoms with Gasteiger partial charge in [-0.2, -0.15) is 4.98 Å². The van der Waals surface area contributed by atoms with Gasteiger partial charge in [-0.25, -0.2) is 0 Å². The van der Waals surface area contributed by atoms with E-state index in [4.69, 9.17) is 15.4 Å². The van der Waals surface area contributed by atoms with Crippen molar-refractivity contribution in [2.24, 2.45) is 5.73 Å². The quantitative estimate of drug-likeness (QED) is 0.694. The summed E-state index contributed by atoms with van der Waals surface area (Å²) in [6.45, 7) is 5.75. The fourth-order valence-electron chi connectivity index (χ4n) is 0.769. The minimum Gasteiger partial charge on any atom is -0.394 e. The third-order valence-electron chi connectivity index (χ3n) is 1.63. The number of nitrogens with zero attached hydrogens (tertiary/aromatic N) is 2. The van der Waals surface area contributed by atoms with Crippen molar-refractivity contribution in [2.75, 3.05) is 6.61 Å². The molecule has 0 saturated heterocycles. The maximum absolute atomic E-state index is 8.75. The molecule has 13 heavy (non-hydrogen) atoms. The van der Waals surface area contributed by atoms with E-state index in [0.717, 1.165) is 0 Å². The van der Waals surface area contributed by atoms with Crippen LogP contribution < -0.4 is 5.73 Å². The fourth-order valence-corrected chi connectivity index (χ4v) is 0.769. The Kier molecular flexibility index (Phi) is 2.68. The van der Waals surface area contributed by atoms with Crippen LogP contribution >= 0.6 is 0 Å². The molecule has 1 atom stereocenters. The zero-order valence-electron chi connectivity index (χ0n) is 8.11. The topological polar surface area (TPSA) is 85.2 Å². The van der Waals surface area contributed by atoms with Crippen molar-refractivity contribution < 1.29 is 9.63 Å². The van der Waals surface area contributed by atoms with E-state index in [1.807, 2.05) is 20.8 Å². The van der Waals surface area contributed by atoms with Crippen LogP contribution in [-0.4, -0.2) is 21.9 Å². The molecular formula is C8H15N3O2. The molecule has 1 rings (SSSR count). The van der Waals surface area contributed by atoms with Crippen LogP contribution in [0.1, 0.15) is 38.5 Å². The first-order chi connectivity index (χ1) is 5.95. The summed E-state index contributed by atoms with van der Waals surface area (Å²) in [5.74, 6) is 0.888. The summed E-state index contributed by atoms with van der Waals surface area (Å²) in [4.78, 5) is 4.09. The van der Waals surface area contributed by atoms with Gasteiger partial charge in [-0.05, 0) is 0 Å². The number of nitrogens with two attached hydrogens (primary N) is 1. The standard InChI is InChI=1S/C8H15N3O2/c1-8(2,3)7-10-6(13-11-7)5(9)4-12/h5,12H,4,9H2,1-3H3/t5-/m1/s1. The van der Waals surface area contributed by atoms with E-state index < -0.39 is 6.04 Å². The minimum absolute atomic E-state index is 0.156.